The van der Waals surface area contributed by atoms with Gasteiger partial charge in [-0.1, -0.05) is 6.08 Å². The molecule has 0 rings (SSSR count). The van der Waals surface area contributed by atoms with Gasteiger partial charge < -0.3 is 0 Å². The fourth-order valence-corrected chi connectivity index (χ4v) is 0.652. The minimum Gasteiger partial charge on any atom is -0.239 e. The van der Waals surface area contributed by atoms with Crippen LogP contribution in [0.3, 0.4) is 0 Å². The summed E-state index contributed by atoms with van der Waals surface area (Å²) in [4.78, 5) is 0. The predicted octanol–water partition coefficient (Wildman–Crippen LogP) is 3.09. The molecule has 14 heavy (non-hydrogen) atoms. The van der Waals surface area contributed by atoms with Crippen LogP contribution in [-0.4, -0.2) is 30.9 Å². The zero-order chi connectivity index (χ0) is 11.5. The first-order valence-electron chi connectivity index (χ1n) is 3.45. The van der Waals surface area contributed by atoms with Gasteiger partial charge in [0.25, 0.3) is 6.43 Å². The summed E-state index contributed by atoms with van der Waals surface area (Å²) in [6.45, 7) is 2.64. The molecule has 3 atom stereocenters. The fourth-order valence-electron chi connectivity index (χ4n) is 0.652. The van der Waals surface area contributed by atoms with Crippen LogP contribution >= 0.6 is 0 Å². The number of halogens is 7. The predicted molar refractivity (Wildman–Crippen MR) is 35.8 cm³/mol. The van der Waals surface area contributed by atoms with Crippen molar-refractivity contribution in [2.24, 2.45) is 0 Å². The van der Waals surface area contributed by atoms with Gasteiger partial charge in [0.15, 0.2) is 6.17 Å². The highest BCUT2D eigenvalue weighted by atomic mass is 19.3. The molecule has 0 saturated carbocycles. The van der Waals surface area contributed by atoms with E-state index in [0.717, 1.165) is 0 Å². The van der Waals surface area contributed by atoms with E-state index in [9.17, 15) is 30.7 Å². The molecule has 0 saturated heterocycles. The van der Waals surface area contributed by atoms with E-state index in [0.29, 0.717) is 0 Å². The molecule has 0 aliphatic rings. The quantitative estimate of drug-likeness (QED) is 0.497. The molecule has 0 aromatic heterocycles. The lowest BCUT2D eigenvalue weighted by molar-refractivity contribution is -0.175. The molecule has 0 fully saturated rings. The SMILES string of the molecule is C=CC(F)C(F)C(F)(F)C(F)C(F)F. The monoisotopic (exact) mass is 224 g/mol. The minimum atomic E-state index is -5.07. The Morgan fingerprint density at radius 2 is 1.36 bits per heavy atom. The molecule has 0 aliphatic heterocycles. The van der Waals surface area contributed by atoms with Crippen LogP contribution in [0.15, 0.2) is 12.7 Å². The minimum absolute atomic E-state index is 0.150. The Morgan fingerprint density at radius 1 is 0.929 bits per heavy atom. The molecule has 3 unspecified atom stereocenters. The lowest BCUT2D eigenvalue weighted by Gasteiger charge is -2.24. The largest absolute Gasteiger partial charge is 0.318 e. The van der Waals surface area contributed by atoms with Crippen LogP contribution in [0.1, 0.15) is 0 Å². The van der Waals surface area contributed by atoms with E-state index < -0.39 is 30.9 Å². The first kappa shape index (κ1) is 13.2. The lowest BCUT2D eigenvalue weighted by atomic mass is 10.1. The van der Waals surface area contributed by atoms with Crippen molar-refractivity contribution in [1.82, 2.24) is 0 Å². The van der Waals surface area contributed by atoms with Crippen LogP contribution in [0.2, 0.25) is 0 Å². The van der Waals surface area contributed by atoms with Gasteiger partial charge in [-0.05, 0) is 0 Å². The molecule has 0 nitrogen and oxygen atoms in total. The summed E-state index contributed by atoms with van der Waals surface area (Å²) in [7, 11) is 0. The van der Waals surface area contributed by atoms with Crippen molar-refractivity contribution in [3.8, 4) is 0 Å². The van der Waals surface area contributed by atoms with Crippen LogP contribution in [0.5, 0.6) is 0 Å². The molecule has 0 aliphatic carbocycles. The maximum absolute atomic E-state index is 12.4. The van der Waals surface area contributed by atoms with Gasteiger partial charge in [-0.15, -0.1) is 6.58 Å². The van der Waals surface area contributed by atoms with Crippen LogP contribution in [-0.2, 0) is 0 Å². The molecular weight excluding hydrogens is 217 g/mol. The van der Waals surface area contributed by atoms with Gasteiger partial charge in [-0.25, -0.2) is 22.0 Å². The molecule has 84 valence electrons. The smallest absolute Gasteiger partial charge is 0.239 e. The first-order valence-corrected chi connectivity index (χ1v) is 3.45. The summed E-state index contributed by atoms with van der Waals surface area (Å²) >= 11 is 0. The number of hydrogen-bond acceptors (Lipinski definition) is 0. The highest BCUT2D eigenvalue weighted by molar-refractivity contribution is 4.96. The van der Waals surface area contributed by atoms with Gasteiger partial charge in [-0.2, -0.15) is 8.78 Å². The van der Waals surface area contributed by atoms with Gasteiger partial charge in [0.2, 0.25) is 12.3 Å². The second-order valence-electron chi connectivity index (χ2n) is 2.49. The first-order chi connectivity index (χ1) is 6.25. The Hall–Kier alpha value is -0.750. The van der Waals surface area contributed by atoms with Crippen LogP contribution in [0.4, 0.5) is 30.7 Å². The Kier molecular flexibility index (Phi) is 4.41. The average molecular weight is 224 g/mol. The van der Waals surface area contributed by atoms with Crippen LogP contribution in [0.25, 0.3) is 0 Å². The maximum atomic E-state index is 12.4. The Bertz CT molecular complexity index is 190. The molecule has 0 aromatic carbocycles. The van der Waals surface area contributed by atoms with Crippen molar-refractivity contribution in [2.75, 3.05) is 0 Å². The lowest BCUT2D eigenvalue weighted by Crippen LogP contribution is -2.47. The van der Waals surface area contributed by atoms with Crippen molar-refractivity contribution < 1.29 is 30.7 Å². The third-order valence-electron chi connectivity index (χ3n) is 1.46. The second kappa shape index (κ2) is 4.65. The summed E-state index contributed by atoms with van der Waals surface area (Å²) in [5.41, 5.74) is 0. The molecule has 0 N–H and O–H groups in total. The normalized spacial score (nSPS) is 19.1. The fraction of sp³-hybridized carbons (Fsp3) is 0.714. The zero-order valence-electron chi connectivity index (χ0n) is 6.74. The molecule has 0 radical (unpaired) electrons. The molecule has 0 aromatic rings. The van der Waals surface area contributed by atoms with E-state index in [1.54, 1.807) is 0 Å². The van der Waals surface area contributed by atoms with E-state index in [4.69, 9.17) is 0 Å². The Balaban J connectivity index is 4.67. The molecule has 0 amide bonds. The van der Waals surface area contributed by atoms with Crippen molar-refractivity contribution in [3.05, 3.63) is 12.7 Å². The Labute approximate surface area is 75.4 Å². The van der Waals surface area contributed by atoms with Crippen molar-refractivity contribution >= 4 is 0 Å². The standard InChI is InChI=1S/C7H7F7/c1-2-3(8)4(9)7(13,14)5(10)6(11)12/h2-6H,1H2. The molecule has 0 bridgehead atoms. The average Bonchev–Trinajstić information content (AvgIpc) is 2.13. The van der Waals surface area contributed by atoms with Crippen LogP contribution < -0.4 is 0 Å². The summed E-state index contributed by atoms with van der Waals surface area (Å²) in [5, 5.41) is 0. The zero-order valence-corrected chi connectivity index (χ0v) is 6.74. The molecule has 0 spiro atoms. The molecule has 7 heteroatoms. The van der Waals surface area contributed by atoms with Crippen molar-refractivity contribution in [3.63, 3.8) is 0 Å². The molecular formula is C7H7F7. The van der Waals surface area contributed by atoms with E-state index in [2.05, 4.69) is 6.58 Å². The third-order valence-corrected chi connectivity index (χ3v) is 1.46. The van der Waals surface area contributed by atoms with E-state index in [1.165, 1.54) is 0 Å². The summed E-state index contributed by atoms with van der Waals surface area (Å²) < 4.78 is 84.5. The molecule has 0 heterocycles. The summed E-state index contributed by atoms with van der Waals surface area (Å²) in [6, 6.07) is 0. The highest BCUT2D eigenvalue weighted by Gasteiger charge is 2.55. The number of rotatable bonds is 5. The van der Waals surface area contributed by atoms with Gasteiger partial charge in [0.1, 0.15) is 0 Å². The summed E-state index contributed by atoms with van der Waals surface area (Å²) in [6.07, 6.45) is -14.5. The van der Waals surface area contributed by atoms with E-state index in [-0.39, 0.29) is 6.08 Å². The van der Waals surface area contributed by atoms with Crippen molar-refractivity contribution in [1.29, 1.82) is 0 Å². The van der Waals surface area contributed by atoms with E-state index in [1.807, 2.05) is 0 Å². The number of allylic oxidation sites excluding steroid dienone is 1. The van der Waals surface area contributed by atoms with Gasteiger partial charge in [-0.3, -0.25) is 0 Å². The number of alkyl halides is 7. The maximum Gasteiger partial charge on any atom is 0.318 e. The van der Waals surface area contributed by atoms with Crippen LogP contribution in [0, 0.1) is 0 Å². The van der Waals surface area contributed by atoms with Gasteiger partial charge in [0, 0.05) is 0 Å². The van der Waals surface area contributed by atoms with E-state index >= 15 is 0 Å². The number of hydrogen-bond donors (Lipinski definition) is 0. The highest BCUT2D eigenvalue weighted by Crippen LogP contribution is 2.34. The van der Waals surface area contributed by atoms with Gasteiger partial charge >= 0.3 is 5.92 Å². The summed E-state index contributed by atoms with van der Waals surface area (Å²) in [5.74, 6) is -5.07. The Morgan fingerprint density at radius 3 is 1.64 bits per heavy atom. The second-order valence-corrected chi connectivity index (χ2v) is 2.49. The topological polar surface area (TPSA) is 0 Å². The van der Waals surface area contributed by atoms with Crippen molar-refractivity contribution in [2.45, 2.75) is 30.9 Å². The van der Waals surface area contributed by atoms with Gasteiger partial charge in [0.05, 0.1) is 0 Å². The third kappa shape index (κ3) is 2.62.